The van der Waals surface area contributed by atoms with Crippen LogP contribution in [-0.2, 0) is 13.1 Å². The summed E-state index contributed by atoms with van der Waals surface area (Å²) in [6.07, 6.45) is -10.7. The van der Waals surface area contributed by atoms with E-state index in [4.69, 9.17) is 11.6 Å². The molecule has 0 radical (unpaired) electrons. The molecule has 0 fully saturated rings. The number of para-hydroxylation sites is 2. The van der Waals surface area contributed by atoms with Gasteiger partial charge in [-0.2, -0.15) is 13.2 Å². The molecule has 8 nitrogen and oxygen atoms in total. The maximum Gasteiger partial charge on any atom is 0.573 e. The van der Waals surface area contributed by atoms with E-state index in [1.807, 2.05) is 0 Å². The van der Waals surface area contributed by atoms with E-state index in [1.54, 1.807) is 0 Å². The average molecular weight is 547 g/mol. The number of halogens is 7. The Morgan fingerprint density at radius 1 is 0.973 bits per heavy atom. The smallest absolute Gasteiger partial charge is 0.403 e. The highest BCUT2D eigenvalue weighted by Gasteiger charge is 2.33. The maximum atomic E-state index is 13.0. The van der Waals surface area contributed by atoms with Crippen LogP contribution in [0, 0.1) is 6.92 Å². The van der Waals surface area contributed by atoms with Gasteiger partial charge in [0.05, 0.1) is 6.42 Å². The van der Waals surface area contributed by atoms with Crippen molar-refractivity contribution in [3.63, 3.8) is 0 Å². The highest BCUT2D eigenvalue weighted by atomic mass is 35.5. The number of rotatable bonds is 7. The molecular weight excluding hydrogens is 530 g/mol. The molecule has 0 aliphatic rings. The Labute approximate surface area is 209 Å². The van der Waals surface area contributed by atoms with Gasteiger partial charge in [0.25, 0.3) is 0 Å². The van der Waals surface area contributed by atoms with Crippen LogP contribution in [0.4, 0.5) is 26.3 Å². The Bertz CT molecular complexity index is 1460. The van der Waals surface area contributed by atoms with Crippen LogP contribution in [0.25, 0.3) is 17.1 Å². The number of hydrogen-bond donors (Lipinski definition) is 0. The Morgan fingerprint density at radius 3 is 2.30 bits per heavy atom. The minimum Gasteiger partial charge on any atom is -0.403 e. The lowest BCUT2D eigenvalue weighted by molar-refractivity contribution is -0.274. The first-order valence-corrected chi connectivity index (χ1v) is 11.0. The van der Waals surface area contributed by atoms with E-state index in [-0.39, 0.29) is 29.7 Å². The third kappa shape index (κ3) is 6.31. The number of ether oxygens (including phenoxy) is 1. The van der Waals surface area contributed by atoms with Gasteiger partial charge >= 0.3 is 18.2 Å². The molecule has 4 rings (SSSR count). The number of benzene rings is 2. The largest absolute Gasteiger partial charge is 0.573 e. The molecule has 0 saturated heterocycles. The van der Waals surface area contributed by atoms with Gasteiger partial charge < -0.3 is 4.74 Å². The maximum absolute atomic E-state index is 13.0. The average Bonchev–Trinajstić information content (AvgIpc) is 3.31. The molecule has 0 aliphatic heterocycles. The lowest BCUT2D eigenvalue weighted by Crippen LogP contribution is -2.27. The number of aryl methyl sites for hydroxylation is 1. The van der Waals surface area contributed by atoms with Crippen LogP contribution in [0.15, 0.2) is 53.3 Å². The molecule has 2 aromatic carbocycles. The Kier molecular flexibility index (Phi) is 7.04. The Balaban J connectivity index is 1.70. The Morgan fingerprint density at radius 2 is 1.65 bits per heavy atom. The summed E-state index contributed by atoms with van der Waals surface area (Å²) in [4.78, 5) is 17.2. The highest BCUT2D eigenvalue weighted by Crippen LogP contribution is 2.29. The van der Waals surface area contributed by atoms with Gasteiger partial charge in [-0.3, -0.25) is 4.57 Å². The van der Waals surface area contributed by atoms with Crippen LogP contribution < -0.4 is 10.4 Å². The molecule has 0 saturated carbocycles. The first kappa shape index (κ1) is 26.3. The molecule has 4 aromatic rings. The van der Waals surface area contributed by atoms with E-state index in [0.717, 1.165) is 20.0 Å². The topological polar surface area (TPSA) is 79.8 Å². The van der Waals surface area contributed by atoms with Gasteiger partial charge in [-0.15, -0.1) is 23.4 Å². The van der Waals surface area contributed by atoms with Gasteiger partial charge in [0.2, 0.25) is 0 Å². The summed E-state index contributed by atoms with van der Waals surface area (Å²) in [5.41, 5.74) is -0.541. The zero-order valence-electron chi connectivity index (χ0n) is 18.9. The number of aromatic nitrogens is 6. The first-order chi connectivity index (χ1) is 17.3. The van der Waals surface area contributed by atoms with E-state index in [1.165, 1.54) is 49.4 Å². The molecule has 196 valence electrons. The fourth-order valence-corrected chi connectivity index (χ4v) is 3.64. The lowest BCUT2D eigenvalue weighted by atomic mass is 10.2. The van der Waals surface area contributed by atoms with Gasteiger partial charge in [-0.05, 0) is 43.3 Å². The van der Waals surface area contributed by atoms with Gasteiger partial charge in [-0.25, -0.2) is 19.1 Å². The standard InChI is InChI=1S/C22H17ClF6N6O2/c1-13-30-18(31-35(13)16-4-2-3-5-17(16)37-22(27,28)29)12-34-20(36)33(11-10-21(24,25)26)19(32-34)14-6-8-15(23)9-7-14/h2-9H,10-12H2,1H3. The number of hydrogen-bond acceptors (Lipinski definition) is 5. The van der Waals surface area contributed by atoms with Crippen molar-refractivity contribution in [2.75, 3.05) is 0 Å². The summed E-state index contributed by atoms with van der Waals surface area (Å²) < 4.78 is 84.1. The van der Waals surface area contributed by atoms with Crippen LogP contribution in [0.3, 0.4) is 0 Å². The number of alkyl halides is 6. The van der Waals surface area contributed by atoms with Crippen molar-refractivity contribution < 1.29 is 31.1 Å². The van der Waals surface area contributed by atoms with Crippen molar-refractivity contribution in [1.82, 2.24) is 29.1 Å². The summed E-state index contributed by atoms with van der Waals surface area (Å²) in [5.74, 6) is -0.376. The van der Waals surface area contributed by atoms with Crippen molar-refractivity contribution in [3.8, 4) is 22.8 Å². The predicted molar refractivity (Wildman–Crippen MR) is 119 cm³/mol. The zero-order chi connectivity index (χ0) is 27.0. The zero-order valence-corrected chi connectivity index (χ0v) is 19.6. The van der Waals surface area contributed by atoms with E-state index >= 15 is 0 Å². The van der Waals surface area contributed by atoms with Crippen LogP contribution in [0.5, 0.6) is 5.75 Å². The minimum absolute atomic E-state index is 0.00969. The van der Waals surface area contributed by atoms with Crippen molar-refractivity contribution in [1.29, 1.82) is 0 Å². The summed E-state index contributed by atoms with van der Waals surface area (Å²) in [5, 5.41) is 8.73. The molecule has 0 atom stereocenters. The van der Waals surface area contributed by atoms with Crippen LogP contribution in [0.1, 0.15) is 18.1 Å². The van der Waals surface area contributed by atoms with E-state index in [2.05, 4.69) is 19.9 Å². The molecule has 0 bridgehead atoms. The molecule has 37 heavy (non-hydrogen) atoms. The second-order valence-electron chi connectivity index (χ2n) is 7.79. The summed E-state index contributed by atoms with van der Waals surface area (Å²) in [7, 11) is 0. The molecule has 2 aromatic heterocycles. The van der Waals surface area contributed by atoms with Gasteiger partial charge in [0.1, 0.15) is 18.1 Å². The second-order valence-corrected chi connectivity index (χ2v) is 8.23. The highest BCUT2D eigenvalue weighted by molar-refractivity contribution is 6.30. The normalized spacial score (nSPS) is 12.2. The summed E-state index contributed by atoms with van der Waals surface area (Å²) in [6.45, 7) is 0.447. The van der Waals surface area contributed by atoms with E-state index < -0.39 is 36.9 Å². The third-order valence-corrected chi connectivity index (χ3v) is 5.32. The third-order valence-electron chi connectivity index (χ3n) is 5.07. The van der Waals surface area contributed by atoms with Crippen molar-refractivity contribution >= 4 is 11.6 Å². The Hall–Kier alpha value is -3.81. The van der Waals surface area contributed by atoms with Crippen LogP contribution in [-0.4, -0.2) is 41.7 Å². The van der Waals surface area contributed by atoms with Gasteiger partial charge in [-0.1, -0.05) is 23.7 Å². The van der Waals surface area contributed by atoms with Crippen LogP contribution >= 0.6 is 11.6 Å². The minimum atomic E-state index is -4.94. The van der Waals surface area contributed by atoms with Gasteiger partial charge in [0, 0.05) is 17.1 Å². The molecule has 2 heterocycles. The SMILES string of the molecule is Cc1nc(Cn2nc(-c3ccc(Cl)cc3)n(CCC(F)(F)F)c2=O)nn1-c1ccccc1OC(F)(F)F. The summed E-state index contributed by atoms with van der Waals surface area (Å²) >= 11 is 5.88. The fraction of sp³-hybridized carbons (Fsp3) is 0.273. The molecule has 0 aliphatic carbocycles. The first-order valence-electron chi connectivity index (χ1n) is 10.6. The van der Waals surface area contributed by atoms with E-state index in [9.17, 15) is 31.1 Å². The molecule has 15 heteroatoms. The lowest BCUT2D eigenvalue weighted by Gasteiger charge is -2.13. The molecule has 0 N–H and O–H groups in total. The van der Waals surface area contributed by atoms with Crippen molar-refractivity contribution in [2.24, 2.45) is 0 Å². The molecule has 0 amide bonds. The summed E-state index contributed by atoms with van der Waals surface area (Å²) in [6, 6.07) is 11.3. The predicted octanol–water partition coefficient (Wildman–Crippen LogP) is 5.15. The van der Waals surface area contributed by atoms with Crippen LogP contribution in [0.2, 0.25) is 5.02 Å². The molecule has 0 spiro atoms. The van der Waals surface area contributed by atoms with Gasteiger partial charge in [0.15, 0.2) is 17.4 Å². The van der Waals surface area contributed by atoms with Crippen molar-refractivity contribution in [2.45, 2.75) is 39.0 Å². The quantitative estimate of drug-likeness (QED) is 0.299. The second kappa shape index (κ2) is 9.92. The molecular formula is C22H17ClF6N6O2. The van der Waals surface area contributed by atoms with E-state index in [0.29, 0.717) is 10.6 Å². The van der Waals surface area contributed by atoms with Crippen molar-refractivity contribution in [3.05, 3.63) is 75.7 Å². The number of nitrogens with zero attached hydrogens (tertiary/aromatic N) is 6. The fourth-order valence-electron chi connectivity index (χ4n) is 3.51. The molecule has 0 unspecified atom stereocenters. The monoisotopic (exact) mass is 546 g/mol.